The molecular formula is C35H40N2O3. The topological polar surface area (TPSA) is 53.0 Å². The zero-order valence-corrected chi connectivity index (χ0v) is 24.7. The lowest BCUT2D eigenvalue weighted by molar-refractivity contribution is 0.103. The Labute approximate surface area is 238 Å². The first-order valence-electron chi connectivity index (χ1n) is 14.2. The van der Waals surface area contributed by atoms with E-state index in [4.69, 9.17) is 4.74 Å². The van der Waals surface area contributed by atoms with Crippen LogP contribution >= 0.6 is 0 Å². The molecule has 0 bridgehead atoms. The van der Waals surface area contributed by atoms with Crippen molar-refractivity contribution in [1.82, 2.24) is 0 Å². The molecule has 0 aliphatic carbocycles. The van der Waals surface area contributed by atoms with Gasteiger partial charge in [-0.1, -0.05) is 72.7 Å². The third kappa shape index (κ3) is 5.69. The maximum Gasteiger partial charge on any atom is 0.193 e. The Morgan fingerprint density at radius 2 is 1.15 bits per heavy atom. The zero-order chi connectivity index (χ0) is 29.0. The summed E-state index contributed by atoms with van der Waals surface area (Å²) in [6.07, 6.45) is 0. The summed E-state index contributed by atoms with van der Waals surface area (Å²) in [4.78, 5) is 12.9. The van der Waals surface area contributed by atoms with Crippen molar-refractivity contribution < 1.29 is 14.6 Å². The van der Waals surface area contributed by atoms with Crippen molar-refractivity contribution in [2.24, 2.45) is 0 Å². The normalized spacial score (nSPS) is 12.8. The first-order valence-corrected chi connectivity index (χ1v) is 14.2. The molecule has 6 rings (SSSR count). The molecule has 0 atom stereocenters. The van der Waals surface area contributed by atoms with Crippen LogP contribution in [0, 0.1) is 0 Å². The molecule has 4 aromatic carbocycles. The SMILES string of the molecule is CC.CC.CC(C)(C)c1ccc(C(=O)c2ccc(Oc3ccc4c(c3)CN3c5ccc(O)cc5CN43)cc2)cc1. The van der Waals surface area contributed by atoms with Crippen molar-refractivity contribution in [2.45, 2.75) is 67.0 Å². The van der Waals surface area contributed by atoms with Crippen molar-refractivity contribution in [1.29, 1.82) is 0 Å². The number of phenolic OH excluding ortho intramolecular Hbond substituents is 1. The highest BCUT2D eigenvalue weighted by molar-refractivity contribution is 6.09. The average Bonchev–Trinajstić information content (AvgIpc) is 3.49. The summed E-state index contributed by atoms with van der Waals surface area (Å²) in [6, 6.07) is 26.8. The Hall–Kier alpha value is -4.25. The lowest BCUT2D eigenvalue weighted by Gasteiger charge is -2.23. The molecule has 0 aromatic heterocycles. The standard InChI is InChI=1S/C31H28N2O3.2C2H6/c1-31(2,3)24-8-4-20(5-9-24)30(35)21-6-11-26(12-7-21)36-27-13-15-29-23(17-27)19-33-28-14-10-25(34)16-22(28)18-32(29)33;2*1-2/h4-17,34H,18-19H2,1-3H3;2*1-2H3. The number of benzene rings is 4. The molecule has 2 heterocycles. The van der Waals surface area contributed by atoms with Crippen LogP contribution in [0.3, 0.4) is 0 Å². The van der Waals surface area contributed by atoms with Gasteiger partial charge < -0.3 is 9.84 Å². The number of rotatable bonds is 4. The molecule has 0 saturated carbocycles. The van der Waals surface area contributed by atoms with E-state index in [2.05, 4.69) is 42.9 Å². The fourth-order valence-electron chi connectivity index (χ4n) is 4.98. The highest BCUT2D eigenvalue weighted by atomic mass is 16.5. The first-order chi connectivity index (χ1) is 19.3. The number of ether oxygens (including phenoxy) is 1. The van der Waals surface area contributed by atoms with Crippen LogP contribution in [-0.2, 0) is 18.5 Å². The van der Waals surface area contributed by atoms with Crippen LogP contribution in [0.1, 0.15) is 81.1 Å². The Morgan fingerprint density at radius 1 is 0.675 bits per heavy atom. The van der Waals surface area contributed by atoms with E-state index < -0.39 is 0 Å². The first kappa shape index (κ1) is 28.8. The summed E-state index contributed by atoms with van der Waals surface area (Å²) in [5, 5.41) is 14.3. The molecule has 5 heteroatoms. The van der Waals surface area contributed by atoms with E-state index in [9.17, 15) is 9.90 Å². The van der Waals surface area contributed by atoms with Crippen LogP contribution in [0.2, 0.25) is 0 Å². The maximum atomic E-state index is 12.9. The predicted molar refractivity (Wildman–Crippen MR) is 165 cm³/mol. The van der Waals surface area contributed by atoms with Gasteiger partial charge in [0.2, 0.25) is 0 Å². The lowest BCUT2D eigenvalue weighted by Crippen LogP contribution is -2.30. The third-order valence-corrected chi connectivity index (χ3v) is 6.97. The summed E-state index contributed by atoms with van der Waals surface area (Å²) < 4.78 is 6.12. The highest BCUT2D eigenvalue weighted by Gasteiger charge is 2.34. The van der Waals surface area contributed by atoms with Gasteiger partial charge in [-0.05, 0) is 71.6 Å². The maximum absolute atomic E-state index is 12.9. The molecule has 0 fully saturated rings. The van der Waals surface area contributed by atoms with Gasteiger partial charge in [0, 0.05) is 22.3 Å². The second-order valence-electron chi connectivity index (χ2n) is 10.5. The van der Waals surface area contributed by atoms with Gasteiger partial charge in [-0.25, -0.2) is 0 Å². The monoisotopic (exact) mass is 536 g/mol. The minimum absolute atomic E-state index is 0.00257. The summed E-state index contributed by atoms with van der Waals surface area (Å²) in [7, 11) is 0. The molecule has 2 aliphatic heterocycles. The van der Waals surface area contributed by atoms with Gasteiger partial charge in [-0.15, -0.1) is 0 Å². The zero-order valence-electron chi connectivity index (χ0n) is 24.7. The van der Waals surface area contributed by atoms with Crippen molar-refractivity contribution in [2.75, 3.05) is 10.0 Å². The van der Waals surface area contributed by atoms with Gasteiger partial charge in [0.25, 0.3) is 0 Å². The summed E-state index contributed by atoms with van der Waals surface area (Å²) >= 11 is 0. The number of fused-ring (bicyclic) bond motifs is 5. The molecule has 0 amide bonds. The van der Waals surface area contributed by atoms with Crippen LogP contribution < -0.4 is 14.8 Å². The van der Waals surface area contributed by atoms with Crippen LogP contribution in [0.5, 0.6) is 17.2 Å². The minimum atomic E-state index is 0.00257. The average molecular weight is 537 g/mol. The van der Waals surface area contributed by atoms with E-state index in [0.717, 1.165) is 35.8 Å². The van der Waals surface area contributed by atoms with Gasteiger partial charge in [0.15, 0.2) is 5.78 Å². The summed E-state index contributed by atoms with van der Waals surface area (Å²) in [5.41, 5.74) is 7.17. The van der Waals surface area contributed by atoms with Crippen LogP contribution in [0.4, 0.5) is 11.4 Å². The predicted octanol–water partition coefficient (Wildman–Crippen LogP) is 9.02. The van der Waals surface area contributed by atoms with Crippen molar-refractivity contribution in [3.63, 3.8) is 0 Å². The van der Waals surface area contributed by atoms with Crippen LogP contribution in [-0.4, -0.2) is 10.9 Å². The van der Waals surface area contributed by atoms with Crippen LogP contribution in [0.25, 0.3) is 0 Å². The molecule has 4 aromatic rings. The second kappa shape index (κ2) is 11.9. The fraction of sp³-hybridized carbons (Fsp3) is 0.286. The minimum Gasteiger partial charge on any atom is -0.508 e. The van der Waals surface area contributed by atoms with E-state index in [1.165, 1.54) is 11.1 Å². The molecule has 0 saturated heterocycles. The number of carbonyl (C=O) groups excluding carboxylic acids is 1. The van der Waals surface area contributed by atoms with Crippen molar-refractivity contribution >= 4 is 17.2 Å². The van der Waals surface area contributed by atoms with E-state index >= 15 is 0 Å². The Morgan fingerprint density at radius 3 is 1.70 bits per heavy atom. The van der Waals surface area contributed by atoms with E-state index in [1.54, 1.807) is 6.07 Å². The number of ketones is 1. The van der Waals surface area contributed by atoms with Gasteiger partial charge >= 0.3 is 0 Å². The van der Waals surface area contributed by atoms with E-state index in [-0.39, 0.29) is 11.2 Å². The van der Waals surface area contributed by atoms with Gasteiger partial charge in [0.05, 0.1) is 24.5 Å². The summed E-state index contributed by atoms with van der Waals surface area (Å²) in [5.74, 6) is 1.75. The molecule has 5 nitrogen and oxygen atoms in total. The number of hydrogen-bond acceptors (Lipinski definition) is 5. The van der Waals surface area contributed by atoms with E-state index in [1.807, 2.05) is 94.4 Å². The molecule has 1 N–H and O–H groups in total. The number of carbonyl (C=O) groups is 1. The summed E-state index contributed by atoms with van der Waals surface area (Å²) in [6.45, 7) is 16.0. The number of hydrogen-bond donors (Lipinski definition) is 1. The lowest BCUT2D eigenvalue weighted by atomic mass is 9.86. The van der Waals surface area contributed by atoms with Gasteiger partial charge in [-0.3, -0.25) is 14.8 Å². The number of nitrogens with zero attached hydrogens (tertiary/aromatic N) is 2. The Kier molecular flexibility index (Phi) is 8.53. The number of aromatic hydroxyl groups is 1. The number of hydrazine groups is 1. The second-order valence-corrected chi connectivity index (χ2v) is 10.5. The smallest absolute Gasteiger partial charge is 0.193 e. The number of phenols is 1. The van der Waals surface area contributed by atoms with Gasteiger partial charge in [-0.2, -0.15) is 0 Å². The quantitative estimate of drug-likeness (QED) is 0.264. The molecule has 208 valence electrons. The Bertz CT molecular complexity index is 1470. The highest BCUT2D eigenvalue weighted by Crippen LogP contribution is 2.44. The third-order valence-electron chi connectivity index (χ3n) is 6.97. The molecular weight excluding hydrogens is 496 g/mol. The molecule has 40 heavy (non-hydrogen) atoms. The van der Waals surface area contributed by atoms with Crippen molar-refractivity contribution in [3.8, 4) is 17.2 Å². The molecule has 0 spiro atoms. The Balaban J connectivity index is 0.000000886. The molecule has 0 radical (unpaired) electrons. The molecule has 2 aliphatic rings. The van der Waals surface area contributed by atoms with Gasteiger partial charge in [0.1, 0.15) is 17.2 Å². The fourth-order valence-corrected chi connectivity index (χ4v) is 4.98. The molecule has 0 unspecified atom stereocenters. The van der Waals surface area contributed by atoms with Crippen LogP contribution in [0.15, 0.2) is 84.9 Å². The van der Waals surface area contributed by atoms with E-state index in [0.29, 0.717) is 22.6 Å². The van der Waals surface area contributed by atoms with Crippen molar-refractivity contribution in [3.05, 3.63) is 113 Å². The number of anilines is 2. The largest absolute Gasteiger partial charge is 0.508 e.